The molecular weight excluding hydrogens is 550 g/mol. The molecule has 0 fully saturated rings. The van der Waals surface area contributed by atoms with Crippen molar-refractivity contribution in [2.75, 3.05) is 10.6 Å². The van der Waals surface area contributed by atoms with Crippen molar-refractivity contribution in [1.82, 2.24) is 9.78 Å². The molecule has 200 valence electrons. The average Bonchev–Trinajstić information content (AvgIpc) is 3.40. The molecule has 0 saturated carbocycles. The molecule has 4 N–H and O–H groups in total. The van der Waals surface area contributed by atoms with Gasteiger partial charge in [-0.3, -0.25) is 9.59 Å². The molecule has 0 radical (unpaired) electrons. The highest BCUT2D eigenvalue weighted by Gasteiger charge is 2.19. The van der Waals surface area contributed by atoms with Crippen LogP contribution in [-0.4, -0.2) is 30.0 Å². The Kier molecular flexibility index (Phi) is 7.47. The first-order valence-corrected chi connectivity index (χ1v) is 13.9. The molecule has 0 bridgehead atoms. The number of benzene rings is 4. The Morgan fingerprint density at radius 2 is 1.45 bits per heavy atom. The predicted octanol–water partition coefficient (Wildman–Crippen LogP) is 5.34. The Balaban J connectivity index is 1.35. The fourth-order valence-electron chi connectivity index (χ4n) is 3.93. The molecule has 9 nitrogen and oxygen atoms in total. The Morgan fingerprint density at radius 1 is 0.775 bits per heavy atom. The molecule has 0 aliphatic rings. The Morgan fingerprint density at radius 3 is 2.12 bits per heavy atom. The summed E-state index contributed by atoms with van der Waals surface area (Å²) in [4.78, 5) is 25.9. The lowest BCUT2D eigenvalue weighted by atomic mass is 10.1. The lowest BCUT2D eigenvalue weighted by Crippen LogP contribution is -2.15. The van der Waals surface area contributed by atoms with Crippen LogP contribution in [0.2, 0.25) is 5.02 Å². The first-order valence-electron chi connectivity index (χ1n) is 11.9. The lowest BCUT2D eigenvalue weighted by molar-refractivity contribution is 0.102. The van der Waals surface area contributed by atoms with Crippen LogP contribution < -0.4 is 15.8 Å². The number of para-hydroxylation sites is 1. The van der Waals surface area contributed by atoms with Gasteiger partial charge in [-0.2, -0.15) is 5.10 Å². The van der Waals surface area contributed by atoms with Gasteiger partial charge in [0.15, 0.2) is 0 Å². The average molecular weight is 572 g/mol. The quantitative estimate of drug-likeness (QED) is 0.242. The third-order valence-corrected chi connectivity index (χ3v) is 7.09. The van der Waals surface area contributed by atoms with Gasteiger partial charge < -0.3 is 10.6 Å². The molecule has 11 heteroatoms. The number of rotatable bonds is 7. The van der Waals surface area contributed by atoms with Crippen molar-refractivity contribution < 1.29 is 18.0 Å². The number of sulfonamides is 1. The maximum atomic E-state index is 13.4. The number of carbonyl (C=O) groups excluding carboxylic acids is 2. The summed E-state index contributed by atoms with van der Waals surface area (Å²) in [5.41, 5.74) is 3.40. The van der Waals surface area contributed by atoms with Crippen LogP contribution in [-0.2, 0) is 10.0 Å². The predicted molar refractivity (Wildman–Crippen MR) is 154 cm³/mol. The smallest absolute Gasteiger partial charge is 0.259 e. The zero-order valence-electron chi connectivity index (χ0n) is 20.8. The maximum Gasteiger partial charge on any atom is 0.259 e. The van der Waals surface area contributed by atoms with Gasteiger partial charge >= 0.3 is 0 Å². The molecule has 1 aromatic heterocycles. The molecule has 0 saturated heterocycles. The Hall–Kier alpha value is -4.77. The summed E-state index contributed by atoms with van der Waals surface area (Å²) < 4.78 is 24.8. The Labute approximate surface area is 235 Å². The minimum atomic E-state index is -3.91. The largest absolute Gasteiger partial charge is 0.322 e. The fraction of sp³-hybridized carbons (Fsp3) is 0. The van der Waals surface area contributed by atoms with Gasteiger partial charge in [-0.25, -0.2) is 18.2 Å². The van der Waals surface area contributed by atoms with Crippen molar-refractivity contribution >= 4 is 44.8 Å². The highest BCUT2D eigenvalue weighted by Crippen LogP contribution is 2.26. The van der Waals surface area contributed by atoms with Crippen molar-refractivity contribution in [2.24, 2.45) is 5.14 Å². The molecule has 0 atom stereocenters. The molecule has 40 heavy (non-hydrogen) atoms. The third-order valence-electron chi connectivity index (χ3n) is 5.92. The van der Waals surface area contributed by atoms with E-state index in [-0.39, 0.29) is 16.5 Å². The number of carbonyl (C=O) groups is 2. The number of amides is 2. The van der Waals surface area contributed by atoms with Crippen LogP contribution in [0.4, 0.5) is 11.4 Å². The number of hydrogen-bond acceptors (Lipinski definition) is 5. The molecule has 1 heterocycles. The summed E-state index contributed by atoms with van der Waals surface area (Å²) in [5, 5.41) is 15.9. The second kappa shape index (κ2) is 11.1. The minimum Gasteiger partial charge on any atom is -0.322 e. The lowest BCUT2D eigenvalue weighted by Gasteiger charge is -2.09. The summed E-state index contributed by atoms with van der Waals surface area (Å²) in [6, 6.07) is 28.4. The van der Waals surface area contributed by atoms with E-state index >= 15 is 0 Å². The minimum absolute atomic E-state index is 0.114. The van der Waals surface area contributed by atoms with Gasteiger partial charge in [0.2, 0.25) is 10.0 Å². The third kappa shape index (κ3) is 6.10. The molecule has 0 aliphatic carbocycles. The second-order valence-corrected chi connectivity index (χ2v) is 10.7. The monoisotopic (exact) mass is 571 g/mol. The number of nitrogens with one attached hydrogen (secondary N) is 2. The van der Waals surface area contributed by atoms with Crippen molar-refractivity contribution in [3.05, 3.63) is 125 Å². The summed E-state index contributed by atoms with van der Waals surface area (Å²) in [6.45, 7) is 0. The van der Waals surface area contributed by atoms with Crippen LogP contribution in [0.25, 0.3) is 16.9 Å². The highest BCUT2D eigenvalue weighted by atomic mass is 35.5. The van der Waals surface area contributed by atoms with E-state index in [0.717, 1.165) is 11.3 Å². The number of aromatic nitrogens is 2. The van der Waals surface area contributed by atoms with E-state index < -0.39 is 15.9 Å². The van der Waals surface area contributed by atoms with E-state index in [2.05, 4.69) is 15.7 Å². The number of nitrogens with two attached hydrogens (primary N) is 1. The maximum absolute atomic E-state index is 13.4. The zero-order valence-corrected chi connectivity index (χ0v) is 22.4. The summed E-state index contributed by atoms with van der Waals surface area (Å²) in [5.74, 6) is -0.845. The van der Waals surface area contributed by atoms with Crippen LogP contribution in [0.15, 0.2) is 114 Å². The van der Waals surface area contributed by atoms with E-state index in [1.165, 1.54) is 18.2 Å². The van der Waals surface area contributed by atoms with Gasteiger partial charge in [-0.15, -0.1) is 0 Å². The van der Waals surface area contributed by atoms with Gasteiger partial charge in [0.25, 0.3) is 11.8 Å². The topological polar surface area (TPSA) is 136 Å². The van der Waals surface area contributed by atoms with Crippen LogP contribution in [0, 0.1) is 0 Å². The second-order valence-electron chi connectivity index (χ2n) is 8.74. The van der Waals surface area contributed by atoms with E-state index in [1.54, 1.807) is 65.5 Å². The van der Waals surface area contributed by atoms with Crippen LogP contribution in [0.5, 0.6) is 0 Å². The number of nitrogens with zero attached hydrogens (tertiary/aromatic N) is 2. The van der Waals surface area contributed by atoms with E-state index in [1.807, 2.05) is 30.3 Å². The normalized spacial score (nSPS) is 11.2. The molecule has 2 amide bonds. The molecule has 5 aromatic rings. The molecule has 0 unspecified atom stereocenters. The number of hydrogen-bond donors (Lipinski definition) is 3. The van der Waals surface area contributed by atoms with Gasteiger partial charge in [0.1, 0.15) is 5.69 Å². The molecule has 0 aliphatic heterocycles. The number of primary sulfonamides is 1. The first kappa shape index (κ1) is 26.8. The van der Waals surface area contributed by atoms with Crippen molar-refractivity contribution in [3.8, 4) is 16.9 Å². The SMILES string of the molecule is NS(=O)(=O)c1cccc(NC(=O)c2ccc(NC(=O)c3cn(-c4ccccc4)nc3-c3ccc(Cl)cc3)cc2)c1. The van der Waals surface area contributed by atoms with Gasteiger partial charge in [-0.1, -0.05) is 48.0 Å². The number of halogens is 1. The van der Waals surface area contributed by atoms with Crippen molar-refractivity contribution in [1.29, 1.82) is 0 Å². The molecular formula is C29H22ClN5O4S. The summed E-state index contributed by atoms with van der Waals surface area (Å²) >= 11 is 6.05. The van der Waals surface area contributed by atoms with Crippen LogP contribution in [0.1, 0.15) is 20.7 Å². The first-order chi connectivity index (χ1) is 19.2. The van der Waals surface area contributed by atoms with E-state index in [4.69, 9.17) is 16.7 Å². The van der Waals surface area contributed by atoms with Gasteiger partial charge in [-0.05, 0) is 66.7 Å². The van der Waals surface area contributed by atoms with Gasteiger partial charge in [0, 0.05) is 33.7 Å². The molecule has 5 rings (SSSR count). The van der Waals surface area contributed by atoms with Crippen LogP contribution in [0.3, 0.4) is 0 Å². The van der Waals surface area contributed by atoms with Crippen molar-refractivity contribution in [2.45, 2.75) is 4.90 Å². The van der Waals surface area contributed by atoms with Crippen molar-refractivity contribution in [3.63, 3.8) is 0 Å². The fourth-order valence-corrected chi connectivity index (χ4v) is 4.62. The summed E-state index contributed by atoms with van der Waals surface area (Å²) in [7, 11) is -3.91. The van der Waals surface area contributed by atoms with Crippen LogP contribution >= 0.6 is 11.6 Å². The number of anilines is 2. The van der Waals surface area contributed by atoms with E-state index in [9.17, 15) is 18.0 Å². The van der Waals surface area contributed by atoms with Gasteiger partial charge in [0.05, 0.1) is 16.1 Å². The van der Waals surface area contributed by atoms with E-state index in [0.29, 0.717) is 27.5 Å². The zero-order chi connectivity index (χ0) is 28.3. The Bertz CT molecular complexity index is 1800. The standard InChI is InChI=1S/C29H22ClN5O4S/c30-21-13-9-19(10-14-21)27-26(18-35(34-27)24-6-2-1-3-7-24)29(37)32-22-15-11-20(12-16-22)28(36)33-23-5-4-8-25(17-23)40(31,38)39/h1-18H,(H,32,37)(H,33,36)(H2,31,38,39). The summed E-state index contributed by atoms with van der Waals surface area (Å²) in [6.07, 6.45) is 1.66. The molecule has 4 aromatic carbocycles. The molecule has 0 spiro atoms. The highest BCUT2D eigenvalue weighted by molar-refractivity contribution is 7.89.